The van der Waals surface area contributed by atoms with Crippen LogP contribution in [0.5, 0.6) is 5.75 Å². The molecule has 9 rings (SSSR count). The van der Waals surface area contributed by atoms with Crippen LogP contribution < -0.4 is 47.1 Å². The Morgan fingerprint density at radius 1 is 0.262 bits per heavy atom. The van der Waals surface area contributed by atoms with Crippen LogP contribution in [-0.4, -0.2) is 7.32 Å². The van der Waals surface area contributed by atoms with Crippen molar-refractivity contribution in [3.8, 4) is 5.75 Å². The molecular formula is C54H44BFO3P2. The van der Waals surface area contributed by atoms with Gasteiger partial charge in [0.1, 0.15) is 0 Å². The van der Waals surface area contributed by atoms with E-state index in [1.165, 1.54) is 12.1 Å². The Morgan fingerprint density at radius 3 is 0.656 bits per heavy atom. The van der Waals surface area contributed by atoms with E-state index in [1.54, 1.807) is 12.1 Å². The van der Waals surface area contributed by atoms with E-state index in [9.17, 15) is 4.39 Å². The SMILES string of the molecule is Fc1ccc(OB(OP(c2ccccc2)(c2ccccc2)(c2ccccc2)c2ccccc2)OP(c2ccccc2)(c2ccccc2)(c2ccccc2)c2ccccc2)cc1. The van der Waals surface area contributed by atoms with Crippen molar-refractivity contribution in [3.05, 3.63) is 273 Å². The second kappa shape index (κ2) is 16.9. The van der Waals surface area contributed by atoms with Gasteiger partial charge in [-0.25, -0.2) is 0 Å². The van der Waals surface area contributed by atoms with Crippen LogP contribution in [0, 0.1) is 5.82 Å². The summed E-state index contributed by atoms with van der Waals surface area (Å²) in [7, 11) is -1.46. The van der Waals surface area contributed by atoms with Crippen LogP contribution >= 0.6 is 13.7 Å². The summed E-state index contributed by atoms with van der Waals surface area (Å²) in [6.07, 6.45) is 0. The zero-order valence-corrected chi connectivity index (χ0v) is 35.3. The Balaban J connectivity index is 1.47. The number of benzene rings is 9. The minimum absolute atomic E-state index is 0.379. The van der Waals surface area contributed by atoms with Crippen LogP contribution in [0.2, 0.25) is 0 Å². The van der Waals surface area contributed by atoms with Crippen molar-refractivity contribution in [2.24, 2.45) is 0 Å². The van der Waals surface area contributed by atoms with E-state index in [-0.39, 0.29) is 5.82 Å². The summed E-state index contributed by atoms with van der Waals surface area (Å²) in [6.45, 7) is -8.95. The Bertz CT molecular complexity index is 2280. The van der Waals surface area contributed by atoms with Crippen LogP contribution in [0.4, 0.5) is 4.39 Å². The summed E-state index contributed by atoms with van der Waals surface area (Å²) < 4.78 is 38.8. The fourth-order valence-electron chi connectivity index (χ4n) is 9.01. The first kappa shape index (κ1) is 40.0. The maximum absolute atomic E-state index is 14.8. The molecule has 0 radical (unpaired) electrons. The van der Waals surface area contributed by atoms with Gasteiger partial charge in [-0.1, -0.05) is 0 Å². The van der Waals surface area contributed by atoms with E-state index in [4.69, 9.17) is 13.5 Å². The van der Waals surface area contributed by atoms with Crippen molar-refractivity contribution in [2.45, 2.75) is 0 Å². The van der Waals surface area contributed by atoms with Gasteiger partial charge in [-0.15, -0.1) is 0 Å². The molecule has 0 N–H and O–H groups in total. The molecule has 0 spiro atoms. The van der Waals surface area contributed by atoms with Crippen LogP contribution in [0.15, 0.2) is 267 Å². The molecule has 0 aliphatic rings. The van der Waals surface area contributed by atoms with Gasteiger partial charge in [-0.05, 0) is 0 Å². The summed E-state index contributed by atoms with van der Waals surface area (Å²) in [4.78, 5) is 0. The second-order valence-electron chi connectivity index (χ2n) is 14.8. The van der Waals surface area contributed by atoms with E-state index in [2.05, 4.69) is 194 Å². The normalized spacial score (nSPS) is 12.9. The molecule has 9 aromatic rings. The van der Waals surface area contributed by atoms with Crippen molar-refractivity contribution >= 4 is 63.4 Å². The standard InChI is InChI=1S/C54H44BFO3P2/c56-45-41-43-46(44-42-45)57-55(58-60(47-25-9-1-10-26-47,48-27-11-2-12-28-48,49-29-13-3-14-30-49)50-31-15-4-16-32-50)59-61(51-33-17-5-18-34-51,52-35-19-6-20-36-52,53-37-21-7-22-38-53)54-39-23-8-24-40-54/h1-44H. The Kier molecular flexibility index (Phi) is 11.1. The third-order valence-electron chi connectivity index (χ3n) is 11.6. The van der Waals surface area contributed by atoms with Gasteiger partial charge in [0.2, 0.25) is 0 Å². The van der Waals surface area contributed by atoms with E-state index < -0.39 is 21.0 Å². The van der Waals surface area contributed by atoms with Gasteiger partial charge in [-0.3, -0.25) is 0 Å². The zero-order valence-electron chi connectivity index (χ0n) is 33.5. The van der Waals surface area contributed by atoms with Crippen molar-refractivity contribution in [1.29, 1.82) is 0 Å². The average Bonchev–Trinajstić information content (AvgIpc) is 3.35. The molecule has 9 aromatic carbocycles. The van der Waals surface area contributed by atoms with Gasteiger partial charge in [0.05, 0.1) is 0 Å². The molecule has 0 aliphatic heterocycles. The quantitative estimate of drug-likeness (QED) is 0.0808. The average molecular weight is 833 g/mol. The second-order valence-corrected chi connectivity index (χ2v) is 23.5. The molecule has 0 aliphatic carbocycles. The van der Waals surface area contributed by atoms with Crippen molar-refractivity contribution in [1.82, 2.24) is 0 Å². The fourth-order valence-corrected chi connectivity index (χ4v) is 20.4. The number of rotatable bonds is 14. The Labute approximate surface area is 358 Å². The predicted octanol–water partition coefficient (Wildman–Crippen LogP) is 9.76. The first-order valence-corrected chi connectivity index (χ1v) is 24.7. The molecule has 0 bridgehead atoms. The van der Waals surface area contributed by atoms with Gasteiger partial charge in [0.25, 0.3) is 0 Å². The van der Waals surface area contributed by atoms with Gasteiger partial charge >= 0.3 is 360 Å². The van der Waals surface area contributed by atoms with E-state index in [0.717, 1.165) is 42.4 Å². The molecule has 0 amide bonds. The summed E-state index contributed by atoms with van der Waals surface area (Å²) >= 11 is 0. The molecule has 0 atom stereocenters. The van der Waals surface area contributed by atoms with Gasteiger partial charge in [-0.2, -0.15) is 0 Å². The van der Waals surface area contributed by atoms with Gasteiger partial charge in [0, 0.05) is 0 Å². The van der Waals surface area contributed by atoms with Crippen LogP contribution in [0.25, 0.3) is 0 Å². The van der Waals surface area contributed by atoms with Crippen molar-refractivity contribution in [3.63, 3.8) is 0 Å². The van der Waals surface area contributed by atoms with Crippen LogP contribution in [-0.2, 0) is 8.88 Å². The third-order valence-corrected chi connectivity index (χ3v) is 23.1. The first-order valence-electron chi connectivity index (χ1n) is 20.4. The van der Waals surface area contributed by atoms with Crippen molar-refractivity contribution in [2.75, 3.05) is 0 Å². The molecule has 3 nitrogen and oxygen atoms in total. The summed E-state index contributed by atoms with van der Waals surface area (Å²) in [5.41, 5.74) is 0. The number of halogens is 1. The number of hydrogen-bond acceptors (Lipinski definition) is 3. The summed E-state index contributed by atoms with van der Waals surface area (Å²) in [5, 5.41) is 7.61. The summed E-state index contributed by atoms with van der Waals surface area (Å²) in [6, 6.07) is 89.8. The van der Waals surface area contributed by atoms with Crippen molar-refractivity contribution < 1.29 is 17.9 Å². The van der Waals surface area contributed by atoms with Gasteiger partial charge < -0.3 is 0 Å². The third kappa shape index (κ3) is 6.54. The zero-order chi connectivity index (χ0) is 41.5. The Morgan fingerprint density at radius 2 is 0.459 bits per heavy atom. The topological polar surface area (TPSA) is 27.7 Å². The minimum atomic E-state index is -4.47. The number of hydrogen-bond donors (Lipinski definition) is 0. The predicted molar refractivity (Wildman–Crippen MR) is 257 cm³/mol. The van der Waals surface area contributed by atoms with Gasteiger partial charge in [0.15, 0.2) is 0 Å². The molecule has 0 saturated carbocycles. The van der Waals surface area contributed by atoms with E-state index in [1.807, 2.05) is 48.5 Å². The molecule has 298 valence electrons. The van der Waals surface area contributed by atoms with Crippen LogP contribution in [0.3, 0.4) is 0 Å². The molecule has 7 heteroatoms. The monoisotopic (exact) mass is 832 g/mol. The maximum atomic E-state index is 14.8. The van der Waals surface area contributed by atoms with Crippen LogP contribution in [0.1, 0.15) is 0 Å². The fraction of sp³-hybridized carbons (Fsp3) is 0. The molecule has 61 heavy (non-hydrogen) atoms. The first-order chi connectivity index (χ1) is 30.1. The van der Waals surface area contributed by atoms with E-state index >= 15 is 0 Å². The Hall–Kier alpha value is -6.45. The molecule has 0 unspecified atom stereocenters. The molecule has 0 heterocycles. The molecule has 0 saturated heterocycles. The molecule has 0 fully saturated rings. The van der Waals surface area contributed by atoms with E-state index in [0.29, 0.717) is 5.75 Å². The summed E-state index contributed by atoms with van der Waals surface area (Å²) in [5.74, 6) is -0.00149. The molecular weight excluding hydrogens is 788 g/mol. The molecule has 0 aromatic heterocycles.